The second kappa shape index (κ2) is 7.00. The highest BCUT2D eigenvalue weighted by molar-refractivity contribution is 5.15. The van der Waals surface area contributed by atoms with Gasteiger partial charge in [-0.05, 0) is 104 Å². The van der Waals surface area contributed by atoms with Crippen molar-refractivity contribution in [3.8, 4) is 0 Å². The smallest absolute Gasteiger partial charge is 0.0230 e. The summed E-state index contributed by atoms with van der Waals surface area (Å²) in [4.78, 5) is 0. The zero-order valence-corrected chi connectivity index (χ0v) is 19.5. The van der Waals surface area contributed by atoms with Crippen LogP contribution in [0.3, 0.4) is 0 Å². The van der Waals surface area contributed by atoms with Gasteiger partial charge in [0.15, 0.2) is 0 Å². The number of rotatable bonds is 5. The molecule has 0 radical (unpaired) electrons. The highest BCUT2D eigenvalue weighted by atomic mass is 15.2. The predicted molar refractivity (Wildman–Crippen MR) is 119 cm³/mol. The van der Waals surface area contributed by atoms with Gasteiger partial charge in [0.05, 0.1) is 0 Å². The summed E-state index contributed by atoms with van der Waals surface area (Å²) in [6, 6.07) is 1.80. The predicted octanol–water partition coefficient (Wildman–Crippen LogP) is 7.06. The van der Waals surface area contributed by atoms with E-state index in [4.69, 9.17) is 0 Å². The molecule has 4 saturated carbocycles. The van der Waals surface area contributed by atoms with Gasteiger partial charge in [-0.15, -0.1) is 0 Å². The molecule has 5 aliphatic rings. The molecule has 1 N–H and O–H groups in total. The average molecular weight is 386 g/mol. The van der Waals surface area contributed by atoms with Crippen LogP contribution in [-0.4, -0.2) is 12.1 Å². The molecule has 160 valence electrons. The summed E-state index contributed by atoms with van der Waals surface area (Å²) >= 11 is 0. The van der Waals surface area contributed by atoms with E-state index in [9.17, 15) is 0 Å². The lowest BCUT2D eigenvalue weighted by Gasteiger charge is -2.60. The van der Waals surface area contributed by atoms with Crippen LogP contribution in [0.25, 0.3) is 0 Å². The van der Waals surface area contributed by atoms with Crippen LogP contribution in [-0.2, 0) is 0 Å². The minimum Gasteiger partial charge on any atom is -0.308 e. The monoisotopic (exact) mass is 385 g/mol. The molecule has 0 aromatic carbocycles. The van der Waals surface area contributed by atoms with E-state index in [1.807, 2.05) is 0 Å². The van der Waals surface area contributed by atoms with Crippen molar-refractivity contribution in [3.05, 3.63) is 0 Å². The van der Waals surface area contributed by atoms with Crippen LogP contribution in [0.5, 0.6) is 0 Å². The van der Waals surface area contributed by atoms with Crippen molar-refractivity contribution in [2.45, 2.75) is 117 Å². The molecular weight excluding hydrogens is 338 g/mol. The molecule has 5 fully saturated rings. The van der Waals surface area contributed by atoms with Crippen LogP contribution in [0.15, 0.2) is 0 Å². The van der Waals surface area contributed by atoms with Crippen LogP contribution in [0.1, 0.15) is 105 Å². The van der Waals surface area contributed by atoms with E-state index < -0.39 is 0 Å². The van der Waals surface area contributed by atoms with Gasteiger partial charge >= 0.3 is 0 Å². The summed E-state index contributed by atoms with van der Waals surface area (Å²) < 4.78 is 0. The number of nitrogens with one attached hydrogen (secondary N) is 1. The third kappa shape index (κ3) is 3.04. The molecule has 0 spiro atoms. The fraction of sp³-hybridized carbons (Fsp3) is 1.00. The third-order valence-corrected chi connectivity index (χ3v) is 11.3. The molecule has 28 heavy (non-hydrogen) atoms. The quantitative estimate of drug-likeness (QED) is 0.503. The lowest BCUT2D eigenvalue weighted by molar-refractivity contribution is -0.110. The third-order valence-electron chi connectivity index (χ3n) is 11.3. The average Bonchev–Trinajstić information content (AvgIpc) is 3.27. The van der Waals surface area contributed by atoms with Crippen molar-refractivity contribution >= 4 is 0 Å². The summed E-state index contributed by atoms with van der Waals surface area (Å²) in [7, 11) is 0. The molecule has 10 atom stereocenters. The fourth-order valence-electron chi connectivity index (χ4n) is 9.70. The first-order valence-corrected chi connectivity index (χ1v) is 13.1. The van der Waals surface area contributed by atoms with Gasteiger partial charge in [0.25, 0.3) is 0 Å². The maximum Gasteiger partial charge on any atom is 0.0230 e. The van der Waals surface area contributed by atoms with Gasteiger partial charge in [0.2, 0.25) is 0 Å². The summed E-state index contributed by atoms with van der Waals surface area (Å²) in [6.45, 7) is 12.9. The van der Waals surface area contributed by atoms with Crippen molar-refractivity contribution in [1.29, 1.82) is 0 Å². The first-order valence-electron chi connectivity index (χ1n) is 13.1. The standard InChI is InChI=1S/C27H47N/c1-17(2)7-6-8-18(3)21-11-12-22-20-10-9-19-15-24-25(28-24)16-27(19,5)23(20)13-14-26(21,22)4/h17-25,28H,6-16H2,1-5H3/t18-,19-,20-,21+,22-,23-,24+,25+,26+,27-/m0/s1. The lowest BCUT2D eigenvalue weighted by Crippen LogP contribution is -2.54. The van der Waals surface area contributed by atoms with E-state index in [0.717, 1.165) is 53.5 Å². The topological polar surface area (TPSA) is 21.9 Å². The van der Waals surface area contributed by atoms with Crippen molar-refractivity contribution in [2.24, 2.45) is 52.3 Å². The first-order chi connectivity index (χ1) is 13.3. The van der Waals surface area contributed by atoms with Gasteiger partial charge in [-0.25, -0.2) is 0 Å². The minimum absolute atomic E-state index is 0.663. The van der Waals surface area contributed by atoms with Gasteiger partial charge in [-0.2, -0.15) is 0 Å². The Morgan fingerprint density at radius 2 is 1.64 bits per heavy atom. The van der Waals surface area contributed by atoms with E-state index in [2.05, 4.69) is 39.9 Å². The van der Waals surface area contributed by atoms with Gasteiger partial charge in [-0.3, -0.25) is 0 Å². The Morgan fingerprint density at radius 3 is 2.43 bits per heavy atom. The van der Waals surface area contributed by atoms with Crippen molar-refractivity contribution in [3.63, 3.8) is 0 Å². The number of hydrogen-bond acceptors (Lipinski definition) is 1. The van der Waals surface area contributed by atoms with E-state index in [0.29, 0.717) is 10.8 Å². The molecule has 0 bridgehead atoms. The summed E-state index contributed by atoms with van der Waals surface area (Å²) in [6.07, 6.45) is 16.7. The van der Waals surface area contributed by atoms with E-state index in [-0.39, 0.29) is 0 Å². The Labute approximate surface area is 175 Å². The summed E-state index contributed by atoms with van der Waals surface area (Å²) in [5.74, 6) is 7.01. The first kappa shape index (κ1) is 19.9. The minimum atomic E-state index is 0.663. The van der Waals surface area contributed by atoms with E-state index in [1.165, 1.54) is 32.1 Å². The normalized spacial score (nSPS) is 53.1. The Bertz CT molecular complexity index is 583. The molecule has 0 unspecified atom stereocenters. The lowest BCUT2D eigenvalue weighted by atomic mass is 9.44. The Balaban J connectivity index is 1.30. The SMILES string of the molecule is CC(C)CCC[C@H](C)[C@H]1CC[C@H]2[C@@H]3CC[C@H]4C[C@H]5N[C@@H]5C[C@]4(C)[C@H]3CC[C@]12C. The highest BCUT2D eigenvalue weighted by Crippen LogP contribution is 2.69. The molecule has 0 amide bonds. The summed E-state index contributed by atoms with van der Waals surface area (Å²) in [5, 5.41) is 3.81. The Morgan fingerprint density at radius 1 is 0.857 bits per heavy atom. The van der Waals surface area contributed by atoms with Gasteiger partial charge in [0.1, 0.15) is 0 Å². The van der Waals surface area contributed by atoms with Crippen LogP contribution in [0.2, 0.25) is 0 Å². The molecule has 1 nitrogen and oxygen atoms in total. The molecule has 1 heterocycles. The van der Waals surface area contributed by atoms with E-state index in [1.54, 1.807) is 38.5 Å². The van der Waals surface area contributed by atoms with Crippen molar-refractivity contribution in [2.75, 3.05) is 0 Å². The van der Waals surface area contributed by atoms with Gasteiger partial charge < -0.3 is 5.32 Å². The molecule has 1 saturated heterocycles. The molecule has 5 rings (SSSR count). The fourth-order valence-corrected chi connectivity index (χ4v) is 9.70. The highest BCUT2D eigenvalue weighted by Gasteiger charge is 2.63. The molecule has 0 aromatic rings. The van der Waals surface area contributed by atoms with Crippen molar-refractivity contribution in [1.82, 2.24) is 5.32 Å². The second-order valence-electron chi connectivity index (χ2n) is 13.0. The zero-order valence-electron chi connectivity index (χ0n) is 19.5. The molecule has 0 aromatic heterocycles. The Hall–Kier alpha value is -0.0400. The van der Waals surface area contributed by atoms with E-state index >= 15 is 0 Å². The number of hydrogen-bond donors (Lipinski definition) is 1. The molecular formula is C27H47N. The van der Waals surface area contributed by atoms with Crippen LogP contribution in [0.4, 0.5) is 0 Å². The van der Waals surface area contributed by atoms with Crippen molar-refractivity contribution < 1.29 is 0 Å². The maximum atomic E-state index is 3.81. The largest absolute Gasteiger partial charge is 0.308 e. The molecule has 4 aliphatic carbocycles. The van der Waals surface area contributed by atoms with Crippen LogP contribution < -0.4 is 5.32 Å². The molecule has 1 aliphatic heterocycles. The van der Waals surface area contributed by atoms with Gasteiger partial charge in [0, 0.05) is 12.1 Å². The Kier molecular flexibility index (Phi) is 4.97. The van der Waals surface area contributed by atoms with Gasteiger partial charge in [-0.1, -0.05) is 53.9 Å². The second-order valence-corrected chi connectivity index (χ2v) is 13.0. The molecule has 1 heteroatoms. The number of fused-ring (bicyclic) bond motifs is 6. The zero-order chi connectivity index (χ0) is 19.7. The van der Waals surface area contributed by atoms with Crippen LogP contribution >= 0.6 is 0 Å². The maximum absolute atomic E-state index is 3.81. The van der Waals surface area contributed by atoms with Crippen LogP contribution in [0, 0.1) is 52.3 Å². The summed E-state index contributed by atoms with van der Waals surface area (Å²) in [5.41, 5.74) is 1.33.